The van der Waals surface area contributed by atoms with Gasteiger partial charge >= 0.3 is 0 Å². The lowest BCUT2D eigenvalue weighted by Gasteiger charge is -2.20. The van der Waals surface area contributed by atoms with Gasteiger partial charge < -0.3 is 30.2 Å². The van der Waals surface area contributed by atoms with Gasteiger partial charge in [-0.15, -0.1) is 0 Å². The second-order valence-electron chi connectivity index (χ2n) is 3.88. The van der Waals surface area contributed by atoms with E-state index in [9.17, 15) is 9.59 Å². The minimum absolute atomic E-state index is 0.0644. The van der Waals surface area contributed by atoms with Crippen molar-refractivity contribution < 1.29 is 30.0 Å². The highest BCUT2D eigenvalue weighted by molar-refractivity contribution is 5.96. The van der Waals surface area contributed by atoms with Crippen LogP contribution in [0.25, 0.3) is 0 Å². The van der Waals surface area contributed by atoms with Crippen molar-refractivity contribution in [2.75, 3.05) is 52.6 Å². The van der Waals surface area contributed by atoms with Crippen LogP contribution in [0.1, 0.15) is 0 Å². The largest absolute Gasteiger partial charge is 0.395 e. The van der Waals surface area contributed by atoms with Crippen LogP contribution in [0, 0.1) is 0 Å². The maximum absolute atomic E-state index is 11.7. The van der Waals surface area contributed by atoms with Crippen molar-refractivity contribution in [1.29, 1.82) is 0 Å². The van der Waals surface area contributed by atoms with E-state index in [0.29, 0.717) is 0 Å². The number of rotatable bonds is 10. The van der Waals surface area contributed by atoms with Crippen molar-refractivity contribution in [3.63, 3.8) is 0 Å². The average Bonchev–Trinajstić information content (AvgIpc) is 2.44. The lowest BCUT2D eigenvalue weighted by atomic mass is 10.3. The molecule has 0 bridgehead atoms. The Balaban J connectivity index is 4.55. The smallest absolute Gasteiger partial charge is 0.246 e. The summed E-state index contributed by atoms with van der Waals surface area (Å²) in [6.45, 7) is -0.708. The standard InChI is InChI=1S/C12H22N2O6/c15-7-3-13(4-8-16)11(19)1-2-12(20)14(5-9-17)6-10-18/h1-2,15-18H,3-10H2/b2-1+. The zero-order valence-electron chi connectivity index (χ0n) is 11.3. The molecule has 0 aromatic carbocycles. The highest BCUT2D eigenvalue weighted by Crippen LogP contribution is 1.95. The number of nitrogens with zero attached hydrogens (tertiary/aromatic N) is 2. The summed E-state index contributed by atoms with van der Waals surface area (Å²) in [7, 11) is 0. The molecule has 0 spiro atoms. The second kappa shape index (κ2) is 11.4. The molecule has 0 aliphatic carbocycles. The van der Waals surface area contributed by atoms with Crippen LogP contribution >= 0.6 is 0 Å². The molecular formula is C12H22N2O6. The monoisotopic (exact) mass is 290 g/mol. The van der Waals surface area contributed by atoms with Crippen molar-refractivity contribution in [3.05, 3.63) is 12.2 Å². The van der Waals surface area contributed by atoms with Crippen molar-refractivity contribution in [1.82, 2.24) is 9.80 Å². The SMILES string of the molecule is O=C(/C=C/C(=O)N(CCO)CCO)N(CCO)CCO. The summed E-state index contributed by atoms with van der Waals surface area (Å²) in [6.07, 6.45) is 2.07. The minimum Gasteiger partial charge on any atom is -0.395 e. The number of carbonyl (C=O) groups is 2. The fraction of sp³-hybridized carbons (Fsp3) is 0.667. The van der Waals surface area contributed by atoms with Gasteiger partial charge in [0.2, 0.25) is 11.8 Å². The van der Waals surface area contributed by atoms with E-state index in [4.69, 9.17) is 20.4 Å². The molecule has 0 saturated heterocycles. The van der Waals surface area contributed by atoms with Crippen LogP contribution in [0.2, 0.25) is 0 Å². The summed E-state index contributed by atoms with van der Waals surface area (Å²) >= 11 is 0. The topological polar surface area (TPSA) is 122 Å². The minimum atomic E-state index is -0.505. The summed E-state index contributed by atoms with van der Waals surface area (Å²) < 4.78 is 0. The Bertz CT molecular complexity index is 279. The predicted molar refractivity (Wildman–Crippen MR) is 70.6 cm³/mol. The van der Waals surface area contributed by atoms with Crippen LogP contribution in [0.3, 0.4) is 0 Å². The molecule has 8 heteroatoms. The molecule has 0 aromatic rings. The first kappa shape index (κ1) is 18.5. The van der Waals surface area contributed by atoms with E-state index in [1.165, 1.54) is 9.80 Å². The van der Waals surface area contributed by atoms with Crippen molar-refractivity contribution in [3.8, 4) is 0 Å². The average molecular weight is 290 g/mol. The third-order valence-electron chi connectivity index (χ3n) is 2.47. The van der Waals surface area contributed by atoms with Crippen LogP contribution in [-0.2, 0) is 9.59 Å². The zero-order chi connectivity index (χ0) is 15.4. The van der Waals surface area contributed by atoms with E-state index in [0.717, 1.165) is 12.2 Å². The van der Waals surface area contributed by atoms with E-state index < -0.39 is 11.8 Å². The van der Waals surface area contributed by atoms with Crippen LogP contribution in [0.5, 0.6) is 0 Å². The van der Waals surface area contributed by atoms with Crippen LogP contribution < -0.4 is 0 Å². The molecule has 0 fully saturated rings. The third kappa shape index (κ3) is 7.19. The summed E-state index contributed by atoms with van der Waals surface area (Å²) in [5, 5.41) is 35.1. The molecule has 0 unspecified atom stereocenters. The van der Waals surface area contributed by atoms with Crippen LogP contribution in [-0.4, -0.2) is 94.6 Å². The normalized spacial score (nSPS) is 10.8. The fourth-order valence-electron chi connectivity index (χ4n) is 1.50. The maximum atomic E-state index is 11.7. The first-order chi connectivity index (χ1) is 9.60. The second-order valence-corrected chi connectivity index (χ2v) is 3.88. The first-order valence-electron chi connectivity index (χ1n) is 6.30. The van der Waals surface area contributed by atoms with E-state index in [2.05, 4.69) is 0 Å². The Morgan fingerprint density at radius 1 is 0.650 bits per heavy atom. The molecule has 0 saturated carbocycles. The van der Waals surface area contributed by atoms with Gasteiger partial charge in [-0.2, -0.15) is 0 Å². The maximum Gasteiger partial charge on any atom is 0.246 e. The summed E-state index contributed by atoms with van der Waals surface area (Å²) in [5.74, 6) is -1.01. The molecule has 8 nitrogen and oxygen atoms in total. The first-order valence-corrected chi connectivity index (χ1v) is 6.30. The van der Waals surface area contributed by atoms with Gasteiger partial charge in [0.1, 0.15) is 0 Å². The molecule has 0 aromatic heterocycles. The fourth-order valence-corrected chi connectivity index (χ4v) is 1.50. The number of carbonyl (C=O) groups excluding carboxylic acids is 2. The highest BCUT2D eigenvalue weighted by atomic mass is 16.3. The van der Waals surface area contributed by atoms with Crippen molar-refractivity contribution in [2.45, 2.75) is 0 Å². The van der Waals surface area contributed by atoms with Gasteiger partial charge in [-0.25, -0.2) is 0 Å². The van der Waals surface area contributed by atoms with Crippen LogP contribution in [0.15, 0.2) is 12.2 Å². The molecule has 0 atom stereocenters. The molecule has 20 heavy (non-hydrogen) atoms. The van der Waals surface area contributed by atoms with Gasteiger partial charge in [-0.3, -0.25) is 9.59 Å². The van der Waals surface area contributed by atoms with Gasteiger partial charge in [0.25, 0.3) is 0 Å². The van der Waals surface area contributed by atoms with Crippen molar-refractivity contribution >= 4 is 11.8 Å². The number of aliphatic hydroxyl groups excluding tert-OH is 4. The Kier molecular flexibility index (Phi) is 10.5. The summed E-state index contributed by atoms with van der Waals surface area (Å²) in [5.41, 5.74) is 0. The lowest BCUT2D eigenvalue weighted by Crippen LogP contribution is -2.36. The molecule has 0 radical (unpaired) electrons. The van der Waals surface area contributed by atoms with Gasteiger partial charge in [-0.1, -0.05) is 0 Å². The van der Waals surface area contributed by atoms with Crippen LogP contribution in [0.4, 0.5) is 0 Å². The zero-order valence-corrected chi connectivity index (χ0v) is 11.3. The number of hydrogen-bond donors (Lipinski definition) is 4. The molecule has 0 rings (SSSR count). The van der Waals surface area contributed by atoms with Gasteiger partial charge in [0.05, 0.1) is 26.4 Å². The third-order valence-corrected chi connectivity index (χ3v) is 2.47. The number of hydrogen-bond acceptors (Lipinski definition) is 6. The summed E-state index contributed by atoms with van der Waals surface area (Å²) in [6, 6.07) is 0. The lowest BCUT2D eigenvalue weighted by molar-refractivity contribution is -0.129. The number of amides is 2. The Morgan fingerprint density at radius 3 is 1.10 bits per heavy atom. The Hall–Kier alpha value is -1.48. The van der Waals surface area contributed by atoms with E-state index in [-0.39, 0.29) is 52.6 Å². The Morgan fingerprint density at radius 2 is 0.900 bits per heavy atom. The van der Waals surface area contributed by atoms with Crippen molar-refractivity contribution in [2.24, 2.45) is 0 Å². The van der Waals surface area contributed by atoms with Gasteiger partial charge in [0.15, 0.2) is 0 Å². The molecule has 0 heterocycles. The van der Waals surface area contributed by atoms with E-state index in [1.807, 2.05) is 0 Å². The molecule has 0 aliphatic rings. The highest BCUT2D eigenvalue weighted by Gasteiger charge is 2.12. The number of aliphatic hydroxyl groups is 4. The molecule has 2 amide bonds. The molecule has 4 N–H and O–H groups in total. The summed E-state index contributed by atoms with van der Waals surface area (Å²) in [4.78, 5) is 25.8. The van der Waals surface area contributed by atoms with Gasteiger partial charge in [-0.05, 0) is 0 Å². The van der Waals surface area contributed by atoms with Gasteiger partial charge in [0, 0.05) is 38.3 Å². The van der Waals surface area contributed by atoms with E-state index >= 15 is 0 Å². The van der Waals surface area contributed by atoms with E-state index in [1.54, 1.807) is 0 Å². The molecule has 116 valence electrons. The molecule has 0 aliphatic heterocycles. The predicted octanol–water partition coefficient (Wildman–Crippen LogP) is -2.83. The quantitative estimate of drug-likeness (QED) is 0.322. The Labute approximate surface area is 117 Å². The molecular weight excluding hydrogens is 268 g/mol.